The zero-order valence-electron chi connectivity index (χ0n) is 16.7. The summed E-state index contributed by atoms with van der Waals surface area (Å²) in [7, 11) is 0. The minimum Gasteiger partial charge on any atom is -0.463 e. The van der Waals surface area contributed by atoms with Gasteiger partial charge < -0.3 is 19.9 Å². The zero-order chi connectivity index (χ0) is 20.4. The minimum absolute atomic E-state index is 0.177. The normalized spacial score (nSPS) is 21.9. The lowest BCUT2D eigenvalue weighted by Gasteiger charge is -2.37. The van der Waals surface area contributed by atoms with E-state index < -0.39 is 12.0 Å². The van der Waals surface area contributed by atoms with Crippen LogP contribution in [0.25, 0.3) is 0 Å². The van der Waals surface area contributed by atoms with Gasteiger partial charge in [0, 0.05) is 43.3 Å². The summed E-state index contributed by atoms with van der Waals surface area (Å²) in [5, 5.41) is 5.75. The number of hydrogen-bond acceptors (Lipinski definition) is 4. The van der Waals surface area contributed by atoms with Crippen LogP contribution in [0.15, 0.2) is 59.9 Å². The van der Waals surface area contributed by atoms with Crippen molar-refractivity contribution in [1.82, 2.24) is 20.1 Å². The lowest BCUT2D eigenvalue weighted by Crippen LogP contribution is -2.49. The van der Waals surface area contributed by atoms with E-state index in [0.29, 0.717) is 17.8 Å². The molecular formula is C22H26N4O3. The van der Waals surface area contributed by atoms with Gasteiger partial charge in [-0.2, -0.15) is 0 Å². The van der Waals surface area contributed by atoms with Crippen molar-refractivity contribution in [3.8, 4) is 0 Å². The average Bonchev–Trinajstić information content (AvgIpc) is 3.20. The van der Waals surface area contributed by atoms with Crippen LogP contribution >= 0.6 is 0 Å². The van der Waals surface area contributed by atoms with E-state index in [9.17, 15) is 9.59 Å². The first-order valence-electron chi connectivity index (χ1n) is 10.00. The van der Waals surface area contributed by atoms with E-state index in [2.05, 4.69) is 45.4 Å². The van der Waals surface area contributed by atoms with Crippen molar-refractivity contribution < 1.29 is 14.3 Å². The molecular weight excluding hydrogens is 368 g/mol. The first-order valence-corrected chi connectivity index (χ1v) is 10.00. The Bertz CT molecular complexity index is 935. The summed E-state index contributed by atoms with van der Waals surface area (Å²) < 4.78 is 7.59. The smallest absolute Gasteiger partial charge is 0.338 e. The molecule has 4 rings (SSSR count). The maximum Gasteiger partial charge on any atom is 0.338 e. The minimum atomic E-state index is -0.539. The molecule has 0 aliphatic carbocycles. The molecule has 7 nitrogen and oxygen atoms in total. The van der Waals surface area contributed by atoms with E-state index >= 15 is 0 Å². The number of rotatable bonds is 5. The number of amides is 2. The van der Waals surface area contributed by atoms with E-state index in [0.717, 1.165) is 18.7 Å². The van der Waals surface area contributed by atoms with Gasteiger partial charge in [0.25, 0.3) is 0 Å². The van der Waals surface area contributed by atoms with Crippen molar-refractivity contribution in [2.24, 2.45) is 0 Å². The third-order valence-corrected chi connectivity index (χ3v) is 5.61. The number of hydrogen-bond donors (Lipinski definition) is 2. The summed E-state index contributed by atoms with van der Waals surface area (Å²) in [5.41, 5.74) is 3.15. The van der Waals surface area contributed by atoms with Gasteiger partial charge in [-0.25, -0.2) is 9.59 Å². The largest absolute Gasteiger partial charge is 0.463 e. The second kappa shape index (κ2) is 8.13. The third kappa shape index (κ3) is 3.78. The molecule has 7 heteroatoms. The molecule has 2 N–H and O–H groups in total. The molecule has 152 valence electrons. The van der Waals surface area contributed by atoms with Crippen molar-refractivity contribution in [3.05, 3.63) is 71.2 Å². The first kappa shape index (κ1) is 19.3. The van der Waals surface area contributed by atoms with Crippen molar-refractivity contribution in [2.75, 3.05) is 19.7 Å². The van der Waals surface area contributed by atoms with Gasteiger partial charge in [-0.3, -0.25) is 4.90 Å². The molecule has 0 fully saturated rings. The first-order chi connectivity index (χ1) is 14.1. The van der Waals surface area contributed by atoms with Gasteiger partial charge in [-0.15, -0.1) is 0 Å². The SMILES string of the molecule is CCOC(=O)C1=C(CN2CCn3cccc3[C@H]2C)NC(=O)N[C@H]1c1ccccc1. The molecule has 0 saturated heterocycles. The van der Waals surface area contributed by atoms with Crippen molar-refractivity contribution in [3.63, 3.8) is 0 Å². The maximum atomic E-state index is 12.9. The molecule has 1 aromatic heterocycles. The molecule has 0 bridgehead atoms. The molecule has 0 spiro atoms. The molecule has 1 aromatic carbocycles. The second-order valence-corrected chi connectivity index (χ2v) is 7.33. The fourth-order valence-electron chi connectivity index (χ4n) is 4.13. The number of carbonyl (C=O) groups excluding carboxylic acids is 2. The molecule has 3 heterocycles. The van der Waals surface area contributed by atoms with Gasteiger partial charge in [-0.1, -0.05) is 30.3 Å². The van der Waals surface area contributed by atoms with Crippen LogP contribution in [0.4, 0.5) is 4.79 Å². The van der Waals surface area contributed by atoms with Crippen molar-refractivity contribution >= 4 is 12.0 Å². The van der Waals surface area contributed by atoms with E-state index in [4.69, 9.17) is 4.74 Å². The highest BCUT2D eigenvalue weighted by molar-refractivity contribution is 5.95. The summed E-state index contributed by atoms with van der Waals surface area (Å²) in [4.78, 5) is 27.6. The van der Waals surface area contributed by atoms with Gasteiger partial charge in [0.05, 0.1) is 18.2 Å². The van der Waals surface area contributed by atoms with Gasteiger partial charge in [-0.05, 0) is 31.5 Å². The summed E-state index contributed by atoms with van der Waals surface area (Å²) in [6.45, 7) is 6.39. The Morgan fingerprint density at radius 2 is 1.97 bits per heavy atom. The highest BCUT2D eigenvalue weighted by atomic mass is 16.5. The predicted molar refractivity (Wildman–Crippen MR) is 109 cm³/mol. The van der Waals surface area contributed by atoms with E-state index in [1.165, 1.54) is 5.69 Å². The molecule has 2 aromatic rings. The Morgan fingerprint density at radius 1 is 1.17 bits per heavy atom. The number of benzene rings is 1. The van der Waals surface area contributed by atoms with E-state index in [-0.39, 0.29) is 18.7 Å². The highest BCUT2D eigenvalue weighted by Gasteiger charge is 2.35. The fourth-order valence-corrected chi connectivity index (χ4v) is 4.13. The fraction of sp³-hybridized carbons (Fsp3) is 0.364. The van der Waals surface area contributed by atoms with Crippen LogP contribution in [0.5, 0.6) is 0 Å². The zero-order valence-corrected chi connectivity index (χ0v) is 16.7. The number of urea groups is 1. The number of carbonyl (C=O) groups is 2. The molecule has 0 radical (unpaired) electrons. The van der Waals surface area contributed by atoms with Crippen molar-refractivity contribution in [1.29, 1.82) is 0 Å². The molecule has 2 atom stereocenters. The summed E-state index contributed by atoms with van der Waals surface area (Å²) in [5.74, 6) is -0.406. The van der Waals surface area contributed by atoms with Crippen LogP contribution in [0.2, 0.25) is 0 Å². The monoisotopic (exact) mass is 394 g/mol. The molecule has 2 aliphatic heterocycles. The van der Waals surface area contributed by atoms with Crippen LogP contribution in [0, 0.1) is 0 Å². The Hall–Kier alpha value is -3.06. The summed E-state index contributed by atoms with van der Waals surface area (Å²) >= 11 is 0. The van der Waals surface area contributed by atoms with E-state index in [1.807, 2.05) is 30.3 Å². The van der Waals surface area contributed by atoms with Crippen molar-refractivity contribution in [2.45, 2.75) is 32.5 Å². The number of esters is 1. The van der Waals surface area contributed by atoms with Gasteiger partial charge >= 0.3 is 12.0 Å². The van der Waals surface area contributed by atoms with Gasteiger partial charge in [0.1, 0.15) is 0 Å². The standard InChI is InChI=1S/C22H26N4O3/c1-3-29-21(27)19-17(14-26-13-12-25-11-7-10-18(25)15(26)2)23-22(28)24-20(19)16-8-5-4-6-9-16/h4-11,15,20H,3,12-14H2,1-2H3,(H2,23,24,28)/t15-,20+/m1/s1. The predicted octanol–water partition coefficient (Wildman–Crippen LogP) is 2.74. The number of ether oxygens (including phenoxy) is 1. The molecule has 2 aliphatic rings. The number of nitrogens with one attached hydrogen (secondary N) is 2. The summed E-state index contributed by atoms with van der Waals surface area (Å²) in [6, 6.07) is 13.0. The second-order valence-electron chi connectivity index (χ2n) is 7.33. The number of nitrogens with zero attached hydrogens (tertiary/aromatic N) is 2. The van der Waals surface area contributed by atoms with Crippen LogP contribution in [-0.4, -0.2) is 41.2 Å². The topological polar surface area (TPSA) is 75.6 Å². The lowest BCUT2D eigenvalue weighted by atomic mass is 9.94. The Morgan fingerprint density at radius 3 is 2.72 bits per heavy atom. The van der Waals surface area contributed by atoms with Crippen LogP contribution < -0.4 is 10.6 Å². The van der Waals surface area contributed by atoms with Gasteiger partial charge in [0.2, 0.25) is 0 Å². The highest BCUT2D eigenvalue weighted by Crippen LogP contribution is 2.31. The van der Waals surface area contributed by atoms with E-state index in [1.54, 1.807) is 6.92 Å². The summed E-state index contributed by atoms with van der Waals surface area (Å²) in [6.07, 6.45) is 2.09. The third-order valence-electron chi connectivity index (χ3n) is 5.61. The molecule has 0 unspecified atom stereocenters. The van der Waals surface area contributed by atoms with Crippen LogP contribution in [0.3, 0.4) is 0 Å². The van der Waals surface area contributed by atoms with Crippen LogP contribution in [0.1, 0.15) is 37.2 Å². The molecule has 29 heavy (non-hydrogen) atoms. The van der Waals surface area contributed by atoms with Crippen LogP contribution in [-0.2, 0) is 16.1 Å². The quantitative estimate of drug-likeness (QED) is 0.765. The average molecular weight is 394 g/mol. The lowest BCUT2D eigenvalue weighted by molar-refractivity contribution is -0.139. The van der Waals surface area contributed by atoms with Gasteiger partial charge in [0.15, 0.2) is 0 Å². The maximum absolute atomic E-state index is 12.9. The number of aromatic nitrogens is 1. The number of fused-ring (bicyclic) bond motifs is 1. The molecule has 0 saturated carbocycles. The Balaban J connectivity index is 1.70. The Labute approximate surface area is 170 Å². The Kier molecular flexibility index (Phi) is 5.40. The molecule has 2 amide bonds.